The standard InChI is InChI=1S/C12H15Cl2NO/c1-7(15-8-5-9(16)6-8)10-3-2-4-11(13)12(10)14/h2-4,7-9,15-16H,5-6H2,1H3. The first kappa shape index (κ1) is 12.2. The Bertz CT molecular complexity index is 377. The van der Waals surface area contributed by atoms with Gasteiger partial charge in [-0.2, -0.15) is 0 Å². The van der Waals surface area contributed by atoms with Gasteiger partial charge in [0, 0.05) is 12.1 Å². The maximum atomic E-state index is 9.21. The number of hydrogen-bond acceptors (Lipinski definition) is 2. The van der Waals surface area contributed by atoms with Crippen LogP contribution in [0.2, 0.25) is 10.0 Å². The van der Waals surface area contributed by atoms with Gasteiger partial charge >= 0.3 is 0 Å². The van der Waals surface area contributed by atoms with Crippen LogP contribution < -0.4 is 5.32 Å². The van der Waals surface area contributed by atoms with Crippen molar-refractivity contribution in [1.82, 2.24) is 5.32 Å². The first-order valence-corrected chi connectivity index (χ1v) is 6.21. The minimum Gasteiger partial charge on any atom is -0.393 e. The predicted octanol–water partition coefficient (Wildman–Crippen LogP) is 3.17. The average Bonchev–Trinajstić information content (AvgIpc) is 2.19. The summed E-state index contributed by atoms with van der Waals surface area (Å²) in [5.41, 5.74) is 1.01. The van der Waals surface area contributed by atoms with E-state index in [0.29, 0.717) is 16.1 Å². The lowest BCUT2D eigenvalue weighted by molar-refractivity contribution is 0.0586. The van der Waals surface area contributed by atoms with Crippen molar-refractivity contribution < 1.29 is 5.11 Å². The lowest BCUT2D eigenvalue weighted by atomic mass is 9.88. The zero-order valence-electron chi connectivity index (χ0n) is 9.08. The van der Waals surface area contributed by atoms with E-state index in [9.17, 15) is 5.11 Å². The molecular formula is C12H15Cl2NO. The highest BCUT2D eigenvalue weighted by atomic mass is 35.5. The molecule has 0 spiro atoms. The average molecular weight is 260 g/mol. The van der Waals surface area contributed by atoms with Crippen LogP contribution in [-0.2, 0) is 0 Å². The van der Waals surface area contributed by atoms with E-state index in [4.69, 9.17) is 23.2 Å². The summed E-state index contributed by atoms with van der Waals surface area (Å²) in [6.07, 6.45) is 1.50. The fourth-order valence-electron chi connectivity index (χ4n) is 2.02. The van der Waals surface area contributed by atoms with Crippen molar-refractivity contribution in [3.8, 4) is 0 Å². The smallest absolute Gasteiger partial charge is 0.0639 e. The molecule has 4 heteroatoms. The summed E-state index contributed by atoms with van der Waals surface area (Å²) in [6.45, 7) is 2.06. The van der Waals surface area contributed by atoms with Crippen molar-refractivity contribution in [2.24, 2.45) is 0 Å². The Morgan fingerprint density at radius 2 is 2.06 bits per heavy atom. The van der Waals surface area contributed by atoms with Crippen LogP contribution in [-0.4, -0.2) is 17.3 Å². The zero-order chi connectivity index (χ0) is 11.7. The lowest BCUT2D eigenvalue weighted by Gasteiger charge is -2.34. The van der Waals surface area contributed by atoms with E-state index in [2.05, 4.69) is 12.2 Å². The van der Waals surface area contributed by atoms with Gasteiger partial charge in [-0.15, -0.1) is 0 Å². The molecule has 0 amide bonds. The predicted molar refractivity (Wildman–Crippen MR) is 67.0 cm³/mol. The molecule has 0 heterocycles. The fourth-order valence-corrected chi connectivity index (χ4v) is 2.49. The van der Waals surface area contributed by atoms with E-state index in [1.165, 1.54) is 0 Å². The van der Waals surface area contributed by atoms with Crippen LogP contribution in [0.4, 0.5) is 0 Å². The molecule has 1 saturated carbocycles. The number of benzene rings is 1. The number of nitrogens with one attached hydrogen (secondary N) is 1. The molecule has 0 aliphatic heterocycles. The van der Waals surface area contributed by atoms with Gasteiger partial charge in [-0.1, -0.05) is 35.3 Å². The molecule has 2 N–H and O–H groups in total. The Kier molecular flexibility index (Phi) is 3.75. The third-order valence-corrected chi connectivity index (χ3v) is 3.88. The summed E-state index contributed by atoms with van der Waals surface area (Å²) >= 11 is 12.1. The van der Waals surface area contributed by atoms with Crippen molar-refractivity contribution in [3.05, 3.63) is 33.8 Å². The molecule has 1 aromatic rings. The van der Waals surface area contributed by atoms with Gasteiger partial charge < -0.3 is 10.4 Å². The van der Waals surface area contributed by atoms with Gasteiger partial charge in [0.2, 0.25) is 0 Å². The second-order valence-corrected chi connectivity index (χ2v) is 5.14. The van der Waals surface area contributed by atoms with Crippen molar-refractivity contribution in [3.63, 3.8) is 0 Å². The van der Waals surface area contributed by atoms with Crippen LogP contribution in [0.3, 0.4) is 0 Å². The van der Waals surface area contributed by atoms with Crippen molar-refractivity contribution in [2.45, 2.75) is 38.0 Å². The molecule has 2 nitrogen and oxygen atoms in total. The number of rotatable bonds is 3. The summed E-state index contributed by atoms with van der Waals surface area (Å²) in [7, 11) is 0. The highest BCUT2D eigenvalue weighted by Crippen LogP contribution is 2.31. The number of halogens is 2. The van der Waals surface area contributed by atoms with Crippen LogP contribution in [0.5, 0.6) is 0 Å². The van der Waals surface area contributed by atoms with Crippen molar-refractivity contribution in [1.29, 1.82) is 0 Å². The number of hydrogen-bond donors (Lipinski definition) is 2. The van der Waals surface area contributed by atoms with Gasteiger partial charge in [-0.25, -0.2) is 0 Å². The molecule has 1 aromatic carbocycles. The molecule has 1 atom stereocenters. The second kappa shape index (κ2) is 4.92. The monoisotopic (exact) mass is 259 g/mol. The number of aliphatic hydroxyl groups excluding tert-OH is 1. The van der Waals surface area contributed by atoms with E-state index in [-0.39, 0.29) is 12.1 Å². The summed E-state index contributed by atoms with van der Waals surface area (Å²) in [5, 5.41) is 13.8. The van der Waals surface area contributed by atoms with Gasteiger partial charge in [0.05, 0.1) is 16.1 Å². The molecule has 1 fully saturated rings. The third-order valence-electron chi connectivity index (χ3n) is 3.05. The molecule has 1 aliphatic rings. The normalized spacial score (nSPS) is 26.2. The molecule has 1 aliphatic carbocycles. The summed E-state index contributed by atoms with van der Waals surface area (Å²) in [6, 6.07) is 6.20. The quantitative estimate of drug-likeness (QED) is 0.874. The molecule has 0 bridgehead atoms. The molecule has 0 saturated heterocycles. The summed E-state index contributed by atoms with van der Waals surface area (Å²) < 4.78 is 0. The SMILES string of the molecule is CC(NC1CC(O)C1)c1cccc(Cl)c1Cl. The highest BCUT2D eigenvalue weighted by Gasteiger charge is 2.28. The molecule has 2 rings (SSSR count). The van der Waals surface area contributed by atoms with Gasteiger partial charge in [0.25, 0.3) is 0 Å². The van der Waals surface area contributed by atoms with E-state index >= 15 is 0 Å². The van der Waals surface area contributed by atoms with Crippen molar-refractivity contribution in [2.75, 3.05) is 0 Å². The maximum absolute atomic E-state index is 9.21. The molecule has 16 heavy (non-hydrogen) atoms. The van der Waals surface area contributed by atoms with Gasteiger partial charge in [-0.05, 0) is 31.4 Å². The van der Waals surface area contributed by atoms with E-state index < -0.39 is 0 Å². The Morgan fingerprint density at radius 3 is 2.69 bits per heavy atom. The van der Waals surface area contributed by atoms with Crippen LogP contribution in [0.1, 0.15) is 31.4 Å². The zero-order valence-corrected chi connectivity index (χ0v) is 10.6. The third kappa shape index (κ3) is 2.51. The van der Waals surface area contributed by atoms with Crippen LogP contribution >= 0.6 is 23.2 Å². The lowest BCUT2D eigenvalue weighted by Crippen LogP contribution is -2.45. The largest absolute Gasteiger partial charge is 0.393 e. The summed E-state index contributed by atoms with van der Waals surface area (Å²) in [5.74, 6) is 0. The van der Waals surface area contributed by atoms with Gasteiger partial charge in [-0.3, -0.25) is 0 Å². The minimum absolute atomic E-state index is 0.139. The first-order valence-electron chi connectivity index (χ1n) is 5.46. The fraction of sp³-hybridized carbons (Fsp3) is 0.500. The Morgan fingerprint density at radius 1 is 1.38 bits per heavy atom. The molecule has 0 aromatic heterocycles. The Hall–Kier alpha value is -0.280. The van der Waals surface area contributed by atoms with Crippen LogP contribution in [0.15, 0.2) is 18.2 Å². The van der Waals surface area contributed by atoms with Crippen LogP contribution in [0.25, 0.3) is 0 Å². The van der Waals surface area contributed by atoms with E-state index in [1.807, 2.05) is 12.1 Å². The molecule has 1 unspecified atom stereocenters. The highest BCUT2D eigenvalue weighted by molar-refractivity contribution is 6.42. The number of aliphatic hydroxyl groups is 1. The van der Waals surface area contributed by atoms with Crippen LogP contribution in [0, 0.1) is 0 Å². The van der Waals surface area contributed by atoms with Gasteiger partial charge in [0.15, 0.2) is 0 Å². The van der Waals surface area contributed by atoms with Crippen molar-refractivity contribution >= 4 is 23.2 Å². The molecular weight excluding hydrogens is 245 g/mol. The second-order valence-electron chi connectivity index (χ2n) is 4.35. The van der Waals surface area contributed by atoms with Gasteiger partial charge in [0.1, 0.15) is 0 Å². The van der Waals surface area contributed by atoms with E-state index in [0.717, 1.165) is 18.4 Å². The minimum atomic E-state index is -0.139. The Balaban J connectivity index is 2.03. The molecule has 88 valence electrons. The first-order chi connectivity index (χ1) is 7.58. The Labute approximate surface area is 106 Å². The molecule has 0 radical (unpaired) electrons. The van der Waals surface area contributed by atoms with E-state index in [1.54, 1.807) is 6.07 Å². The summed E-state index contributed by atoms with van der Waals surface area (Å²) in [4.78, 5) is 0. The maximum Gasteiger partial charge on any atom is 0.0639 e. The topological polar surface area (TPSA) is 32.3 Å².